The molecule has 0 bridgehead atoms. The predicted octanol–water partition coefficient (Wildman–Crippen LogP) is 3.14. The quantitative estimate of drug-likeness (QED) is 0.750. The first-order valence-electron chi connectivity index (χ1n) is 8.66. The lowest BCUT2D eigenvalue weighted by Crippen LogP contribution is -2.38. The first kappa shape index (κ1) is 18.9. The van der Waals surface area contributed by atoms with Gasteiger partial charge in [0.15, 0.2) is 0 Å². The second-order valence-electron chi connectivity index (χ2n) is 6.46. The smallest absolute Gasteiger partial charge is 0.325 e. The van der Waals surface area contributed by atoms with Gasteiger partial charge in [0.1, 0.15) is 12.6 Å². The van der Waals surface area contributed by atoms with Crippen LogP contribution in [0.2, 0.25) is 5.02 Å². The highest BCUT2D eigenvalue weighted by Gasteiger charge is 2.38. The van der Waals surface area contributed by atoms with Gasteiger partial charge in [-0.05, 0) is 43.0 Å². The van der Waals surface area contributed by atoms with Gasteiger partial charge in [-0.25, -0.2) is 4.79 Å². The Kier molecular flexibility index (Phi) is 5.76. The fraction of sp³-hybridized carbons (Fsp3) is 0.250. The fourth-order valence-electron chi connectivity index (χ4n) is 2.94. The molecular formula is C20H20ClN3O3. The van der Waals surface area contributed by atoms with Crippen molar-refractivity contribution < 1.29 is 14.4 Å². The Bertz CT molecular complexity index is 870. The van der Waals surface area contributed by atoms with E-state index in [1.807, 2.05) is 37.3 Å². The van der Waals surface area contributed by atoms with E-state index in [2.05, 4.69) is 10.6 Å². The van der Waals surface area contributed by atoms with E-state index in [0.29, 0.717) is 23.6 Å². The van der Waals surface area contributed by atoms with Crippen LogP contribution in [0.1, 0.15) is 17.5 Å². The van der Waals surface area contributed by atoms with E-state index < -0.39 is 18.0 Å². The Morgan fingerprint density at radius 3 is 2.67 bits per heavy atom. The summed E-state index contributed by atoms with van der Waals surface area (Å²) in [6, 6.07) is 13.7. The molecule has 0 aliphatic carbocycles. The number of hydrogen-bond acceptors (Lipinski definition) is 3. The number of carbonyl (C=O) groups excluding carboxylic acids is 3. The molecule has 27 heavy (non-hydrogen) atoms. The van der Waals surface area contributed by atoms with Crippen molar-refractivity contribution in [1.82, 2.24) is 10.2 Å². The molecule has 1 aliphatic rings. The number of nitrogens with one attached hydrogen (secondary N) is 2. The molecule has 4 amide bonds. The summed E-state index contributed by atoms with van der Waals surface area (Å²) < 4.78 is 0. The van der Waals surface area contributed by atoms with Crippen molar-refractivity contribution in [3.8, 4) is 0 Å². The van der Waals surface area contributed by atoms with Crippen molar-refractivity contribution in [3.05, 3.63) is 64.7 Å². The van der Waals surface area contributed by atoms with Crippen LogP contribution in [0, 0.1) is 6.92 Å². The lowest BCUT2D eigenvalue weighted by molar-refractivity contribution is -0.130. The van der Waals surface area contributed by atoms with Gasteiger partial charge in [-0.1, -0.05) is 48.0 Å². The van der Waals surface area contributed by atoms with Crippen LogP contribution in [0.15, 0.2) is 48.5 Å². The first-order valence-corrected chi connectivity index (χ1v) is 9.03. The van der Waals surface area contributed by atoms with Gasteiger partial charge in [-0.15, -0.1) is 0 Å². The minimum Gasteiger partial charge on any atom is -0.326 e. The van der Waals surface area contributed by atoms with Crippen LogP contribution in [-0.2, 0) is 16.0 Å². The van der Waals surface area contributed by atoms with Gasteiger partial charge < -0.3 is 10.6 Å². The number of nitrogens with zero attached hydrogens (tertiary/aromatic N) is 1. The SMILES string of the molecule is Cc1ccc(Cl)cc1NC(=O)CN1C(=O)N[C@@H](CCc2ccccc2)C1=O. The number of hydrogen-bond donors (Lipinski definition) is 2. The number of imide groups is 1. The van der Waals surface area contributed by atoms with Crippen LogP contribution in [-0.4, -0.2) is 35.3 Å². The first-order chi connectivity index (χ1) is 12.9. The molecule has 1 fully saturated rings. The topological polar surface area (TPSA) is 78.5 Å². The summed E-state index contributed by atoms with van der Waals surface area (Å²) in [5.41, 5.74) is 2.48. The highest BCUT2D eigenvalue weighted by Crippen LogP contribution is 2.20. The molecule has 3 rings (SSSR count). The van der Waals surface area contributed by atoms with E-state index in [9.17, 15) is 14.4 Å². The van der Waals surface area contributed by atoms with E-state index in [4.69, 9.17) is 11.6 Å². The lowest BCUT2D eigenvalue weighted by atomic mass is 10.1. The number of anilines is 1. The molecule has 0 spiro atoms. The number of urea groups is 1. The standard InChI is InChI=1S/C20H20ClN3O3/c1-13-7-9-15(21)11-17(13)22-18(25)12-24-19(26)16(23-20(24)27)10-8-14-5-3-2-4-6-14/h2-7,9,11,16H,8,10,12H2,1H3,(H,22,25)(H,23,27)/t16-/m0/s1. The highest BCUT2D eigenvalue weighted by atomic mass is 35.5. The third kappa shape index (κ3) is 4.65. The maximum absolute atomic E-state index is 12.5. The van der Waals surface area contributed by atoms with Crippen LogP contribution < -0.4 is 10.6 Å². The minimum atomic E-state index is -0.613. The van der Waals surface area contributed by atoms with Gasteiger partial charge in [0, 0.05) is 10.7 Å². The van der Waals surface area contributed by atoms with Crippen molar-refractivity contribution in [3.63, 3.8) is 0 Å². The summed E-state index contributed by atoms with van der Waals surface area (Å²) in [5, 5.41) is 5.84. The average Bonchev–Trinajstić information content (AvgIpc) is 2.91. The molecule has 0 saturated carbocycles. The lowest BCUT2D eigenvalue weighted by Gasteiger charge is -2.14. The molecule has 6 nitrogen and oxygen atoms in total. The molecule has 2 N–H and O–H groups in total. The molecule has 1 saturated heterocycles. The third-order valence-corrected chi connectivity index (χ3v) is 4.68. The monoisotopic (exact) mass is 385 g/mol. The molecule has 0 unspecified atom stereocenters. The van der Waals surface area contributed by atoms with E-state index in [-0.39, 0.29) is 12.5 Å². The van der Waals surface area contributed by atoms with E-state index >= 15 is 0 Å². The van der Waals surface area contributed by atoms with Crippen LogP contribution in [0.3, 0.4) is 0 Å². The third-order valence-electron chi connectivity index (χ3n) is 4.45. The Morgan fingerprint density at radius 1 is 1.19 bits per heavy atom. The van der Waals surface area contributed by atoms with Gasteiger partial charge >= 0.3 is 6.03 Å². The van der Waals surface area contributed by atoms with E-state index in [0.717, 1.165) is 16.0 Å². The predicted molar refractivity (Wildman–Crippen MR) is 104 cm³/mol. The molecule has 140 valence electrons. The molecule has 1 heterocycles. The summed E-state index contributed by atoms with van der Waals surface area (Å²) in [4.78, 5) is 37.8. The molecule has 0 radical (unpaired) electrons. The maximum Gasteiger partial charge on any atom is 0.325 e. The molecule has 1 aliphatic heterocycles. The zero-order valence-corrected chi connectivity index (χ0v) is 15.6. The van der Waals surface area contributed by atoms with Crippen molar-refractivity contribution in [2.75, 3.05) is 11.9 Å². The summed E-state index contributed by atoms with van der Waals surface area (Å²) in [5.74, 6) is -0.832. The van der Waals surface area contributed by atoms with Crippen LogP contribution >= 0.6 is 11.6 Å². The largest absolute Gasteiger partial charge is 0.326 e. The number of amides is 4. The van der Waals surface area contributed by atoms with E-state index in [1.54, 1.807) is 18.2 Å². The highest BCUT2D eigenvalue weighted by molar-refractivity contribution is 6.31. The van der Waals surface area contributed by atoms with Crippen LogP contribution in [0.4, 0.5) is 10.5 Å². The Balaban J connectivity index is 1.58. The summed E-state index contributed by atoms with van der Waals surface area (Å²) in [6.45, 7) is 1.50. The molecule has 0 aromatic heterocycles. The second kappa shape index (κ2) is 8.22. The Morgan fingerprint density at radius 2 is 1.93 bits per heavy atom. The second-order valence-corrected chi connectivity index (χ2v) is 6.89. The normalized spacial score (nSPS) is 16.4. The number of benzene rings is 2. The number of halogens is 1. The van der Waals surface area contributed by atoms with Crippen molar-refractivity contribution >= 4 is 35.1 Å². The zero-order chi connectivity index (χ0) is 19.4. The van der Waals surface area contributed by atoms with Gasteiger partial charge in [-0.2, -0.15) is 0 Å². The summed E-state index contributed by atoms with van der Waals surface area (Å²) in [7, 11) is 0. The Labute approximate surface area is 162 Å². The van der Waals surface area contributed by atoms with Gasteiger partial charge in [0.2, 0.25) is 5.91 Å². The number of rotatable bonds is 6. The van der Waals surface area contributed by atoms with Gasteiger partial charge in [-0.3, -0.25) is 14.5 Å². The Hall–Kier alpha value is -2.86. The maximum atomic E-state index is 12.5. The summed E-state index contributed by atoms with van der Waals surface area (Å²) >= 11 is 5.94. The summed E-state index contributed by atoms with van der Waals surface area (Å²) in [6.07, 6.45) is 1.15. The number of aryl methyl sites for hydroxylation is 2. The minimum absolute atomic E-state index is 0.335. The van der Waals surface area contributed by atoms with Gasteiger partial charge in [0.25, 0.3) is 5.91 Å². The average molecular weight is 386 g/mol. The zero-order valence-electron chi connectivity index (χ0n) is 14.9. The van der Waals surface area contributed by atoms with Crippen LogP contribution in [0.5, 0.6) is 0 Å². The molecular weight excluding hydrogens is 366 g/mol. The van der Waals surface area contributed by atoms with Crippen LogP contribution in [0.25, 0.3) is 0 Å². The molecule has 1 atom stereocenters. The fourth-order valence-corrected chi connectivity index (χ4v) is 3.11. The molecule has 2 aromatic rings. The van der Waals surface area contributed by atoms with Crippen molar-refractivity contribution in [2.24, 2.45) is 0 Å². The van der Waals surface area contributed by atoms with Crippen molar-refractivity contribution in [2.45, 2.75) is 25.8 Å². The molecule has 7 heteroatoms. The van der Waals surface area contributed by atoms with E-state index in [1.165, 1.54) is 0 Å². The number of carbonyl (C=O) groups is 3. The van der Waals surface area contributed by atoms with Crippen molar-refractivity contribution in [1.29, 1.82) is 0 Å². The molecule has 2 aromatic carbocycles. The van der Waals surface area contributed by atoms with Gasteiger partial charge in [0.05, 0.1) is 0 Å².